The zero-order valence-corrected chi connectivity index (χ0v) is 37.1. The van der Waals surface area contributed by atoms with Crippen molar-refractivity contribution in [2.24, 2.45) is 0 Å². The molecule has 3 nitrogen and oxygen atoms in total. The number of aryl methyl sites for hydroxylation is 3. The van der Waals surface area contributed by atoms with Crippen LogP contribution in [0.2, 0.25) is 0 Å². The molecule has 302 valence electrons. The van der Waals surface area contributed by atoms with E-state index in [2.05, 4.69) is 181 Å². The lowest BCUT2D eigenvalue weighted by molar-refractivity contribution is 0.445. The lowest BCUT2D eigenvalue weighted by atomic mass is 9.74. The summed E-state index contributed by atoms with van der Waals surface area (Å²) in [6.45, 7) is 28.0. The Morgan fingerprint density at radius 3 is 0.983 bits per heavy atom. The number of benzene rings is 6. The molecule has 0 bridgehead atoms. The fraction of sp³-hybridized carbons (Fsp3) is 0.345. The molecule has 1 unspecified atom stereocenters. The van der Waals surface area contributed by atoms with E-state index in [9.17, 15) is 15.3 Å². The molecule has 3 heteroatoms. The molecular formula is C55H64O3. The Morgan fingerprint density at radius 1 is 0.397 bits per heavy atom. The lowest BCUT2D eigenvalue weighted by Crippen LogP contribution is -2.13. The van der Waals surface area contributed by atoms with E-state index in [1.807, 2.05) is 18.2 Å². The molecule has 0 aliphatic heterocycles. The summed E-state index contributed by atoms with van der Waals surface area (Å²) in [7, 11) is 0. The first kappa shape index (κ1) is 42.3. The fourth-order valence-electron chi connectivity index (χ4n) is 8.92. The lowest BCUT2D eigenvalue weighted by Gasteiger charge is -2.30. The van der Waals surface area contributed by atoms with Gasteiger partial charge in [-0.2, -0.15) is 0 Å². The number of phenolic OH excluding ortho intramolecular Hbond substituents is 3. The molecule has 3 N–H and O–H groups in total. The van der Waals surface area contributed by atoms with Crippen molar-refractivity contribution >= 4 is 0 Å². The van der Waals surface area contributed by atoms with Crippen LogP contribution in [-0.2, 0) is 16.2 Å². The van der Waals surface area contributed by atoms with Gasteiger partial charge in [0.1, 0.15) is 17.2 Å². The number of aromatic hydroxyl groups is 3. The molecule has 0 aromatic heterocycles. The van der Waals surface area contributed by atoms with Gasteiger partial charge in [-0.1, -0.05) is 142 Å². The average Bonchev–Trinajstić information content (AvgIpc) is 3.12. The predicted octanol–water partition coefficient (Wildman–Crippen LogP) is 14.9. The Kier molecular flexibility index (Phi) is 11.5. The normalized spacial score (nSPS) is 12.9. The maximum Gasteiger partial charge on any atom is 0.119 e. The third-order valence-corrected chi connectivity index (χ3v) is 12.1. The zero-order chi connectivity index (χ0) is 42.5. The van der Waals surface area contributed by atoms with Crippen LogP contribution < -0.4 is 0 Å². The second-order valence-electron chi connectivity index (χ2n) is 19.8. The molecule has 58 heavy (non-hydrogen) atoms. The molecule has 0 aliphatic carbocycles. The second kappa shape index (κ2) is 15.8. The largest absolute Gasteiger partial charge is 0.508 e. The van der Waals surface area contributed by atoms with E-state index in [1.54, 1.807) is 0 Å². The quantitative estimate of drug-likeness (QED) is 0.144. The van der Waals surface area contributed by atoms with Crippen molar-refractivity contribution < 1.29 is 15.3 Å². The van der Waals surface area contributed by atoms with E-state index in [4.69, 9.17) is 0 Å². The fourth-order valence-corrected chi connectivity index (χ4v) is 8.92. The maximum atomic E-state index is 11.2. The standard InChI is InChI=1S/C55H64O3/c1-33(37-20-14-15-21-38(37)43-30-47(53(5,6)7)50(56)27-34(43)2)26-46(41-24-18-16-22-39(41)44-31-48(54(8,9)10)51(57)28-35(44)3)42-25-19-17-23-40(42)45-32-49(55(11,12)13)52(58)29-36(45)4/h14-25,27-33,46,56-58H,26H2,1-13H3. The van der Waals surface area contributed by atoms with Crippen molar-refractivity contribution in [2.75, 3.05) is 0 Å². The van der Waals surface area contributed by atoms with Crippen molar-refractivity contribution in [1.82, 2.24) is 0 Å². The van der Waals surface area contributed by atoms with Crippen molar-refractivity contribution in [1.29, 1.82) is 0 Å². The van der Waals surface area contributed by atoms with Gasteiger partial charge in [-0.15, -0.1) is 0 Å². The minimum atomic E-state index is -0.244. The van der Waals surface area contributed by atoms with Gasteiger partial charge in [0.15, 0.2) is 0 Å². The highest BCUT2D eigenvalue weighted by atomic mass is 16.3. The molecular weight excluding hydrogens is 709 g/mol. The Balaban J connectivity index is 1.61. The molecule has 0 saturated carbocycles. The second-order valence-corrected chi connectivity index (χ2v) is 19.8. The van der Waals surface area contributed by atoms with E-state index in [1.165, 1.54) is 22.3 Å². The van der Waals surface area contributed by atoms with Gasteiger partial charge < -0.3 is 15.3 Å². The number of rotatable bonds is 8. The van der Waals surface area contributed by atoms with Crippen LogP contribution in [-0.4, -0.2) is 15.3 Å². The highest BCUT2D eigenvalue weighted by molar-refractivity contribution is 5.79. The Bertz CT molecular complexity index is 2350. The summed E-state index contributed by atoms with van der Waals surface area (Å²) >= 11 is 0. The zero-order valence-electron chi connectivity index (χ0n) is 37.1. The first-order valence-electron chi connectivity index (χ1n) is 20.9. The molecule has 0 amide bonds. The van der Waals surface area contributed by atoms with Gasteiger partial charge in [0.05, 0.1) is 0 Å². The molecule has 0 aliphatic rings. The molecule has 0 spiro atoms. The molecule has 0 heterocycles. The Morgan fingerprint density at radius 2 is 0.672 bits per heavy atom. The van der Waals surface area contributed by atoms with E-state index < -0.39 is 0 Å². The summed E-state index contributed by atoms with van der Waals surface area (Å²) in [6, 6.07) is 38.8. The SMILES string of the molecule is Cc1cc(O)c(C(C)(C)C)cc1-c1ccccc1C(C)CC(c1ccccc1-c1cc(C(C)(C)C)c(O)cc1C)c1ccccc1-c1cc(C(C)(C)C)c(O)cc1C. The summed E-state index contributed by atoms with van der Waals surface area (Å²) in [5, 5.41) is 33.4. The molecule has 1 atom stereocenters. The minimum absolute atomic E-state index is 0.0286. The smallest absolute Gasteiger partial charge is 0.119 e. The Hall–Kier alpha value is -5.28. The molecule has 6 aromatic rings. The summed E-state index contributed by atoms with van der Waals surface area (Å²) in [6.07, 6.45) is 0.820. The number of phenols is 3. The number of hydrogen-bond donors (Lipinski definition) is 3. The van der Waals surface area contributed by atoms with Crippen LogP contribution in [0.1, 0.15) is 138 Å². The highest BCUT2D eigenvalue weighted by Crippen LogP contribution is 2.48. The highest BCUT2D eigenvalue weighted by Gasteiger charge is 2.29. The summed E-state index contributed by atoms with van der Waals surface area (Å²) in [4.78, 5) is 0. The third kappa shape index (κ3) is 8.46. The van der Waals surface area contributed by atoms with Gasteiger partial charge in [0.25, 0.3) is 0 Å². The van der Waals surface area contributed by atoms with Crippen LogP contribution in [0.4, 0.5) is 0 Å². The van der Waals surface area contributed by atoms with Crippen molar-refractivity contribution in [3.63, 3.8) is 0 Å². The summed E-state index contributed by atoms with van der Waals surface area (Å²) < 4.78 is 0. The average molecular weight is 773 g/mol. The first-order chi connectivity index (χ1) is 27.1. The van der Waals surface area contributed by atoms with E-state index >= 15 is 0 Å². The predicted molar refractivity (Wildman–Crippen MR) is 246 cm³/mol. The van der Waals surface area contributed by atoms with E-state index in [0.717, 1.165) is 67.6 Å². The van der Waals surface area contributed by atoms with Crippen LogP contribution in [0.3, 0.4) is 0 Å². The third-order valence-electron chi connectivity index (χ3n) is 12.1. The topological polar surface area (TPSA) is 60.7 Å². The van der Waals surface area contributed by atoms with E-state index in [0.29, 0.717) is 17.2 Å². The van der Waals surface area contributed by atoms with Gasteiger partial charge >= 0.3 is 0 Å². The van der Waals surface area contributed by atoms with Gasteiger partial charge in [0, 0.05) is 5.92 Å². The van der Waals surface area contributed by atoms with Gasteiger partial charge in [-0.3, -0.25) is 0 Å². The molecule has 6 rings (SSSR count). The molecule has 0 radical (unpaired) electrons. The van der Waals surface area contributed by atoms with Gasteiger partial charge in [-0.25, -0.2) is 0 Å². The van der Waals surface area contributed by atoms with Crippen LogP contribution in [0, 0.1) is 20.8 Å². The molecule has 0 saturated heterocycles. The summed E-state index contributed by atoms with van der Waals surface area (Å²) in [5.41, 5.74) is 15.8. The van der Waals surface area contributed by atoms with Crippen molar-refractivity contribution in [3.05, 3.63) is 159 Å². The van der Waals surface area contributed by atoms with Crippen molar-refractivity contribution in [3.8, 4) is 50.6 Å². The monoisotopic (exact) mass is 772 g/mol. The van der Waals surface area contributed by atoms with E-state index in [-0.39, 0.29) is 28.1 Å². The maximum absolute atomic E-state index is 11.2. The van der Waals surface area contributed by atoms with Gasteiger partial charge in [0.2, 0.25) is 0 Å². The van der Waals surface area contributed by atoms with Crippen molar-refractivity contribution in [2.45, 2.75) is 125 Å². The van der Waals surface area contributed by atoms with Crippen LogP contribution in [0.5, 0.6) is 17.2 Å². The molecule has 6 aromatic carbocycles. The van der Waals surface area contributed by atoms with Crippen LogP contribution in [0.25, 0.3) is 33.4 Å². The first-order valence-corrected chi connectivity index (χ1v) is 20.9. The van der Waals surface area contributed by atoms with Gasteiger partial charge in [-0.05, 0) is 169 Å². The summed E-state index contributed by atoms with van der Waals surface area (Å²) in [5.74, 6) is 1.10. The Labute approximate surface area is 348 Å². The minimum Gasteiger partial charge on any atom is -0.508 e. The van der Waals surface area contributed by atoms with Crippen LogP contribution in [0.15, 0.2) is 109 Å². The van der Waals surface area contributed by atoms with Crippen LogP contribution >= 0.6 is 0 Å². The number of hydrogen-bond acceptors (Lipinski definition) is 3. The molecule has 0 fully saturated rings.